The van der Waals surface area contributed by atoms with Gasteiger partial charge in [0.05, 0.1) is 13.2 Å². The number of ether oxygens (including phenoxy) is 2. The smallest absolute Gasteiger partial charge is 0.119 e. The second-order valence-corrected chi connectivity index (χ2v) is 15.6. The van der Waals surface area contributed by atoms with Gasteiger partial charge in [-0.25, -0.2) is 0 Å². The van der Waals surface area contributed by atoms with E-state index in [-0.39, 0.29) is 0 Å². The van der Waals surface area contributed by atoms with Crippen molar-refractivity contribution in [2.45, 2.75) is 152 Å². The van der Waals surface area contributed by atoms with E-state index in [4.69, 9.17) is 9.47 Å². The highest BCUT2D eigenvalue weighted by molar-refractivity contribution is 7.99. The van der Waals surface area contributed by atoms with E-state index in [0.29, 0.717) is 0 Å². The Kier molecular flexibility index (Phi) is 23.9. The molecule has 3 aromatic carbocycles. The highest BCUT2D eigenvalue weighted by Gasteiger charge is 2.07. The van der Waals surface area contributed by atoms with E-state index in [0.717, 1.165) is 69.6 Å². The molecule has 3 aromatic rings. The van der Waals surface area contributed by atoms with Gasteiger partial charge in [0, 0.05) is 32.0 Å². The summed E-state index contributed by atoms with van der Waals surface area (Å²) in [4.78, 5) is 2.28. The van der Waals surface area contributed by atoms with E-state index >= 15 is 0 Å². The topological polar surface area (TPSA) is 18.5 Å². The second-order valence-electron chi connectivity index (χ2n) is 13.9. The predicted molar refractivity (Wildman–Crippen MR) is 230 cm³/mol. The molecule has 0 unspecified atom stereocenters. The van der Waals surface area contributed by atoms with Gasteiger partial charge in [0.25, 0.3) is 0 Å². The van der Waals surface area contributed by atoms with Crippen LogP contribution in [0.4, 0.5) is 0 Å². The Balaban J connectivity index is 1.42. The molecule has 282 valence electrons. The normalized spacial score (nSPS) is 10.7. The van der Waals surface area contributed by atoms with Crippen LogP contribution in [0.2, 0.25) is 0 Å². The summed E-state index contributed by atoms with van der Waals surface area (Å²) in [6.45, 7) is 6.12. The zero-order valence-electron chi connectivity index (χ0n) is 33.0. The maximum Gasteiger partial charge on any atom is 0.119 e. The summed E-state index contributed by atoms with van der Waals surface area (Å²) < 4.78 is 12.0. The number of unbranched alkanes of at least 4 members (excludes halogenated alkanes) is 18. The van der Waals surface area contributed by atoms with Gasteiger partial charge in [-0.3, -0.25) is 0 Å². The van der Waals surface area contributed by atoms with Crippen LogP contribution in [0.3, 0.4) is 0 Å². The maximum absolute atomic E-state index is 6.01. The van der Waals surface area contributed by atoms with Crippen LogP contribution in [-0.4, -0.2) is 25.7 Å². The summed E-state index contributed by atoms with van der Waals surface area (Å²) in [6, 6.07) is 20.8. The fourth-order valence-corrected chi connectivity index (χ4v) is 7.33. The minimum absolute atomic E-state index is 0.782. The third-order valence-corrected chi connectivity index (χ3v) is 11.0. The highest BCUT2D eigenvalue weighted by atomic mass is 32.2. The van der Waals surface area contributed by atoms with Crippen LogP contribution in [0.1, 0.15) is 165 Å². The van der Waals surface area contributed by atoms with Crippen molar-refractivity contribution in [1.82, 2.24) is 0 Å². The van der Waals surface area contributed by atoms with Crippen molar-refractivity contribution in [1.29, 1.82) is 0 Å². The van der Waals surface area contributed by atoms with E-state index in [9.17, 15) is 0 Å². The first-order valence-electron chi connectivity index (χ1n) is 20.4. The Morgan fingerprint density at radius 3 is 1.02 bits per heavy atom. The van der Waals surface area contributed by atoms with Crippen molar-refractivity contribution in [2.24, 2.45) is 0 Å². The zero-order valence-corrected chi connectivity index (χ0v) is 34.6. The lowest BCUT2D eigenvalue weighted by Gasteiger charge is -2.08. The SMILES string of the molecule is CCCCCCCCCCCCOc1ccc(C#Cc2cc(SC)c(C#Cc3ccc(OCCCCCCCCCCCC)cc3)cc2SC)cc1. The molecule has 4 heteroatoms. The molecule has 2 nitrogen and oxygen atoms in total. The van der Waals surface area contributed by atoms with Gasteiger partial charge in [-0.1, -0.05) is 153 Å². The van der Waals surface area contributed by atoms with Gasteiger partial charge < -0.3 is 9.47 Å². The van der Waals surface area contributed by atoms with Crippen LogP contribution in [0.15, 0.2) is 70.5 Å². The zero-order chi connectivity index (χ0) is 36.9. The largest absolute Gasteiger partial charge is 0.494 e. The van der Waals surface area contributed by atoms with Gasteiger partial charge in [0.15, 0.2) is 0 Å². The van der Waals surface area contributed by atoms with Crippen LogP contribution in [0, 0.1) is 23.7 Å². The first kappa shape index (κ1) is 43.5. The molecular formula is C48H66O2S2. The van der Waals surface area contributed by atoms with Gasteiger partial charge in [0.1, 0.15) is 11.5 Å². The quantitative estimate of drug-likeness (QED) is 0.0463. The van der Waals surface area contributed by atoms with E-state index < -0.39 is 0 Å². The summed E-state index contributed by atoms with van der Waals surface area (Å²) >= 11 is 3.43. The lowest BCUT2D eigenvalue weighted by atomic mass is 10.1. The maximum atomic E-state index is 6.01. The fraction of sp³-hybridized carbons (Fsp3) is 0.542. The summed E-state index contributed by atoms with van der Waals surface area (Å²) in [6.07, 6.45) is 30.9. The van der Waals surface area contributed by atoms with E-state index in [1.807, 2.05) is 24.3 Å². The molecule has 0 aliphatic heterocycles. The fourth-order valence-electron chi connectivity index (χ4n) is 6.20. The molecule has 0 spiro atoms. The molecular weight excluding hydrogens is 673 g/mol. The van der Waals surface area contributed by atoms with Crippen molar-refractivity contribution in [3.63, 3.8) is 0 Å². The average Bonchev–Trinajstić information content (AvgIpc) is 3.18. The minimum Gasteiger partial charge on any atom is -0.494 e. The summed E-state index contributed by atoms with van der Waals surface area (Å²) in [7, 11) is 0. The average molecular weight is 739 g/mol. The van der Waals surface area contributed by atoms with E-state index in [1.165, 1.54) is 116 Å². The van der Waals surface area contributed by atoms with Gasteiger partial charge in [-0.05, 0) is 86.0 Å². The van der Waals surface area contributed by atoms with Crippen molar-refractivity contribution in [3.8, 4) is 35.2 Å². The van der Waals surface area contributed by atoms with Crippen molar-refractivity contribution in [3.05, 3.63) is 82.9 Å². The number of hydrogen-bond acceptors (Lipinski definition) is 4. The van der Waals surface area contributed by atoms with E-state index in [2.05, 4.69) is 86.4 Å². The van der Waals surface area contributed by atoms with Gasteiger partial charge >= 0.3 is 0 Å². The van der Waals surface area contributed by atoms with Crippen molar-refractivity contribution in [2.75, 3.05) is 25.7 Å². The molecule has 0 radical (unpaired) electrons. The predicted octanol–water partition coefficient (Wildman–Crippen LogP) is 14.5. The molecule has 52 heavy (non-hydrogen) atoms. The Morgan fingerprint density at radius 1 is 0.404 bits per heavy atom. The molecule has 0 saturated heterocycles. The molecule has 0 aliphatic carbocycles. The molecule has 0 atom stereocenters. The third-order valence-electron chi connectivity index (χ3n) is 9.45. The number of benzene rings is 3. The number of thioether (sulfide) groups is 2. The molecule has 3 rings (SSSR count). The molecule has 0 amide bonds. The molecule has 0 fully saturated rings. The monoisotopic (exact) mass is 738 g/mol. The first-order chi connectivity index (χ1) is 25.7. The molecule has 0 N–H and O–H groups in total. The van der Waals surface area contributed by atoms with Gasteiger partial charge in [-0.2, -0.15) is 0 Å². The Hall–Kier alpha value is -2.92. The molecule has 0 aliphatic rings. The Bertz CT molecular complexity index is 1370. The Morgan fingerprint density at radius 2 is 0.712 bits per heavy atom. The van der Waals surface area contributed by atoms with Crippen LogP contribution in [0.5, 0.6) is 11.5 Å². The van der Waals surface area contributed by atoms with Gasteiger partial charge in [0.2, 0.25) is 0 Å². The summed E-state index contributed by atoms with van der Waals surface area (Å²) in [5, 5.41) is 0. The lowest BCUT2D eigenvalue weighted by molar-refractivity contribution is 0.304. The summed E-state index contributed by atoms with van der Waals surface area (Å²) in [5.74, 6) is 15.4. The molecule has 0 heterocycles. The molecule has 0 saturated carbocycles. The molecule has 0 aromatic heterocycles. The first-order valence-corrected chi connectivity index (χ1v) is 22.9. The summed E-state index contributed by atoms with van der Waals surface area (Å²) in [5.41, 5.74) is 4.05. The number of rotatable bonds is 26. The van der Waals surface area contributed by atoms with Crippen molar-refractivity contribution >= 4 is 23.5 Å². The van der Waals surface area contributed by atoms with Crippen LogP contribution in [-0.2, 0) is 0 Å². The van der Waals surface area contributed by atoms with E-state index in [1.54, 1.807) is 23.5 Å². The molecule has 0 bridgehead atoms. The van der Waals surface area contributed by atoms with Crippen LogP contribution >= 0.6 is 23.5 Å². The lowest BCUT2D eigenvalue weighted by Crippen LogP contribution is -1.97. The standard InChI is InChI=1S/C48H66O2S2/c1-5-7-9-11-13-15-17-19-21-23-37-49-45-33-27-41(28-34-45)25-31-43-39-48(52-4)44(40-47(43)51-3)32-26-42-29-35-46(36-30-42)50-38-24-22-20-18-16-14-12-10-8-6-2/h27-30,33-36,39-40H,5-24,37-38H2,1-4H3. The second kappa shape index (κ2) is 28.6. The van der Waals surface area contributed by atoms with Crippen LogP contribution < -0.4 is 9.47 Å². The van der Waals surface area contributed by atoms with Crippen LogP contribution in [0.25, 0.3) is 0 Å². The third kappa shape index (κ3) is 18.7. The van der Waals surface area contributed by atoms with Crippen molar-refractivity contribution < 1.29 is 9.47 Å². The van der Waals surface area contributed by atoms with Gasteiger partial charge in [-0.15, -0.1) is 23.5 Å². The minimum atomic E-state index is 0.782. The Labute approximate surface area is 327 Å². The number of hydrogen-bond donors (Lipinski definition) is 0. The highest BCUT2D eigenvalue weighted by Crippen LogP contribution is 2.29.